The van der Waals surface area contributed by atoms with E-state index in [1.165, 1.54) is 5.56 Å². The van der Waals surface area contributed by atoms with E-state index >= 15 is 0 Å². The smallest absolute Gasteiger partial charge is 0.182 e. The average molecular weight is 265 g/mol. The normalized spacial score (nSPS) is 10.5. The third-order valence-electron chi connectivity index (χ3n) is 3.07. The molecule has 0 radical (unpaired) electrons. The second-order valence-electron chi connectivity index (χ2n) is 4.45. The summed E-state index contributed by atoms with van der Waals surface area (Å²) in [5, 5.41) is 8.99. The number of fused-ring (bicyclic) bond motifs is 1. The Labute approximate surface area is 115 Å². The highest BCUT2D eigenvalue weighted by Crippen LogP contribution is 2.21. The van der Waals surface area contributed by atoms with E-state index in [1.807, 2.05) is 41.8 Å². The average Bonchev–Trinajstić information content (AvgIpc) is 2.74. The van der Waals surface area contributed by atoms with E-state index in [1.54, 1.807) is 6.07 Å². The minimum absolute atomic E-state index is 0.626. The fourth-order valence-electron chi connectivity index (χ4n) is 2.18. The van der Waals surface area contributed by atoms with Crippen LogP contribution >= 0.6 is 12.2 Å². The monoisotopic (exact) mass is 265 g/mol. The largest absolute Gasteiger partial charge is 0.330 e. The van der Waals surface area contributed by atoms with Crippen LogP contribution in [0.15, 0.2) is 42.5 Å². The lowest BCUT2D eigenvalue weighted by atomic mass is 10.2. The van der Waals surface area contributed by atoms with Crippen molar-refractivity contribution in [2.75, 3.05) is 0 Å². The zero-order valence-corrected chi connectivity index (χ0v) is 11.2. The van der Waals surface area contributed by atoms with Gasteiger partial charge in [-0.1, -0.05) is 12.1 Å². The molecule has 0 saturated carbocycles. The number of aromatic amines is 1. The number of nitrogens with one attached hydrogen (secondary N) is 1. The third kappa shape index (κ3) is 1.94. The van der Waals surface area contributed by atoms with Crippen LogP contribution < -0.4 is 0 Å². The third-order valence-corrected chi connectivity index (χ3v) is 3.36. The molecule has 0 aliphatic heterocycles. The van der Waals surface area contributed by atoms with Crippen molar-refractivity contribution in [1.82, 2.24) is 9.55 Å². The Kier molecular flexibility index (Phi) is 2.69. The molecule has 3 aromatic rings. The summed E-state index contributed by atoms with van der Waals surface area (Å²) in [7, 11) is 0. The number of imidazole rings is 1. The second-order valence-corrected chi connectivity index (χ2v) is 4.83. The van der Waals surface area contributed by atoms with Crippen LogP contribution in [0.2, 0.25) is 0 Å². The first kappa shape index (κ1) is 11.7. The highest BCUT2D eigenvalue weighted by molar-refractivity contribution is 7.71. The molecule has 19 heavy (non-hydrogen) atoms. The number of rotatable bonds is 1. The van der Waals surface area contributed by atoms with Crippen molar-refractivity contribution in [2.24, 2.45) is 0 Å². The van der Waals surface area contributed by atoms with Crippen LogP contribution in [-0.2, 0) is 0 Å². The molecule has 92 valence electrons. The lowest BCUT2D eigenvalue weighted by Gasteiger charge is -2.05. The second kappa shape index (κ2) is 4.38. The summed E-state index contributed by atoms with van der Waals surface area (Å²) >= 11 is 5.38. The molecule has 1 heterocycles. The maximum absolute atomic E-state index is 8.99. The molecule has 0 bridgehead atoms. The Morgan fingerprint density at radius 1 is 1.21 bits per heavy atom. The summed E-state index contributed by atoms with van der Waals surface area (Å²) in [5.41, 5.74) is 4.73. The summed E-state index contributed by atoms with van der Waals surface area (Å²) < 4.78 is 2.59. The number of hydrogen-bond acceptors (Lipinski definition) is 2. The first-order valence-corrected chi connectivity index (χ1v) is 6.32. The Morgan fingerprint density at radius 3 is 2.84 bits per heavy atom. The molecule has 0 aliphatic carbocycles. The van der Waals surface area contributed by atoms with Gasteiger partial charge in [0.25, 0.3) is 0 Å². The predicted octanol–water partition coefficient (Wildman–Crippen LogP) is 3.87. The van der Waals surface area contributed by atoms with Gasteiger partial charge in [-0.15, -0.1) is 0 Å². The van der Waals surface area contributed by atoms with Gasteiger partial charge in [-0.3, -0.25) is 4.57 Å². The van der Waals surface area contributed by atoms with E-state index in [2.05, 4.69) is 17.1 Å². The lowest BCUT2D eigenvalue weighted by molar-refractivity contribution is 1.06. The molecule has 4 heteroatoms. The van der Waals surface area contributed by atoms with Crippen molar-refractivity contribution in [3.05, 3.63) is 58.4 Å². The number of hydrogen-bond donors (Lipinski definition) is 1. The summed E-state index contributed by atoms with van der Waals surface area (Å²) in [6.07, 6.45) is 0. The minimum Gasteiger partial charge on any atom is -0.330 e. The van der Waals surface area contributed by atoms with Gasteiger partial charge < -0.3 is 4.98 Å². The van der Waals surface area contributed by atoms with Crippen LogP contribution in [0.1, 0.15) is 11.1 Å². The van der Waals surface area contributed by atoms with Crippen LogP contribution in [-0.4, -0.2) is 9.55 Å². The van der Waals surface area contributed by atoms with Gasteiger partial charge in [-0.2, -0.15) is 5.26 Å². The molecule has 1 N–H and O–H groups in total. The van der Waals surface area contributed by atoms with Crippen molar-refractivity contribution >= 4 is 23.3 Å². The van der Waals surface area contributed by atoms with Crippen molar-refractivity contribution in [1.29, 1.82) is 5.26 Å². The topological polar surface area (TPSA) is 44.5 Å². The van der Waals surface area contributed by atoms with Gasteiger partial charge in [-0.25, -0.2) is 0 Å². The van der Waals surface area contributed by atoms with Gasteiger partial charge in [-0.05, 0) is 55.0 Å². The molecule has 2 aromatic carbocycles. The quantitative estimate of drug-likeness (QED) is 0.679. The first-order valence-electron chi connectivity index (χ1n) is 5.91. The highest BCUT2D eigenvalue weighted by atomic mass is 32.1. The van der Waals surface area contributed by atoms with E-state index in [0.29, 0.717) is 10.3 Å². The van der Waals surface area contributed by atoms with Crippen LogP contribution in [0.3, 0.4) is 0 Å². The van der Waals surface area contributed by atoms with Gasteiger partial charge >= 0.3 is 0 Å². The summed E-state index contributed by atoms with van der Waals surface area (Å²) in [6, 6.07) is 15.7. The molecule has 1 aromatic heterocycles. The van der Waals surface area contributed by atoms with Gasteiger partial charge in [0.1, 0.15) is 0 Å². The standard InChI is InChI=1S/C15H11N3S/c1-10-5-6-13-14(7-10)18(15(19)17-13)12-4-2-3-11(8-12)9-16/h2-8H,1H3,(H,17,19). The Bertz CT molecular complexity index is 865. The Balaban J connectivity index is 2.36. The highest BCUT2D eigenvalue weighted by Gasteiger charge is 2.07. The van der Waals surface area contributed by atoms with E-state index in [4.69, 9.17) is 17.5 Å². The van der Waals surface area contributed by atoms with E-state index in [9.17, 15) is 0 Å². The number of aromatic nitrogens is 2. The zero-order valence-electron chi connectivity index (χ0n) is 10.3. The van der Waals surface area contributed by atoms with Gasteiger partial charge in [0.05, 0.1) is 22.7 Å². The maximum Gasteiger partial charge on any atom is 0.182 e. The number of H-pyrrole nitrogens is 1. The molecule has 0 spiro atoms. The minimum atomic E-state index is 0.626. The SMILES string of the molecule is Cc1ccc2[nH]c(=S)n(-c3cccc(C#N)c3)c2c1. The molecule has 0 fully saturated rings. The molecule has 0 atom stereocenters. The zero-order chi connectivity index (χ0) is 13.4. The summed E-state index contributed by atoms with van der Waals surface area (Å²) in [6.45, 7) is 2.05. The molecule has 0 unspecified atom stereocenters. The van der Waals surface area contributed by atoms with Gasteiger partial charge in [0.15, 0.2) is 4.77 Å². The molecule has 0 amide bonds. The van der Waals surface area contributed by atoms with Crippen molar-refractivity contribution in [2.45, 2.75) is 6.92 Å². The molecular formula is C15H11N3S. The maximum atomic E-state index is 8.99. The summed E-state index contributed by atoms with van der Waals surface area (Å²) in [4.78, 5) is 3.19. The fraction of sp³-hybridized carbons (Fsp3) is 0.0667. The van der Waals surface area contributed by atoms with Crippen LogP contribution in [0, 0.1) is 23.0 Å². The van der Waals surface area contributed by atoms with Crippen LogP contribution in [0.5, 0.6) is 0 Å². The van der Waals surface area contributed by atoms with Crippen molar-refractivity contribution in [3.8, 4) is 11.8 Å². The van der Waals surface area contributed by atoms with Gasteiger partial charge in [0.2, 0.25) is 0 Å². The van der Waals surface area contributed by atoms with Crippen LogP contribution in [0.25, 0.3) is 16.7 Å². The Hall–Kier alpha value is -2.38. The Morgan fingerprint density at radius 2 is 2.05 bits per heavy atom. The van der Waals surface area contributed by atoms with Gasteiger partial charge in [0, 0.05) is 5.69 Å². The van der Waals surface area contributed by atoms with Crippen molar-refractivity contribution < 1.29 is 0 Å². The lowest BCUT2D eigenvalue weighted by Crippen LogP contribution is -1.94. The van der Waals surface area contributed by atoms with Crippen LogP contribution in [0.4, 0.5) is 0 Å². The molecule has 0 saturated heterocycles. The van der Waals surface area contributed by atoms with E-state index < -0.39 is 0 Å². The van der Waals surface area contributed by atoms with E-state index in [0.717, 1.165) is 16.7 Å². The summed E-state index contributed by atoms with van der Waals surface area (Å²) in [5.74, 6) is 0. The van der Waals surface area contributed by atoms with Crippen molar-refractivity contribution in [3.63, 3.8) is 0 Å². The predicted molar refractivity (Wildman–Crippen MR) is 77.9 cm³/mol. The molecule has 3 rings (SSSR count). The van der Waals surface area contributed by atoms with E-state index in [-0.39, 0.29) is 0 Å². The number of benzene rings is 2. The number of nitriles is 1. The molecule has 3 nitrogen and oxygen atoms in total. The molecule has 0 aliphatic rings. The number of nitrogens with zero attached hydrogens (tertiary/aromatic N) is 2. The number of aryl methyl sites for hydroxylation is 1. The molecular weight excluding hydrogens is 254 g/mol. The fourth-order valence-corrected chi connectivity index (χ4v) is 2.50. The first-order chi connectivity index (χ1) is 9.19.